The highest BCUT2D eigenvalue weighted by atomic mass is 127. The van der Waals surface area contributed by atoms with Crippen LogP contribution in [0.5, 0.6) is 0 Å². The normalized spacial score (nSPS) is 15.1. The first-order valence-corrected chi connectivity index (χ1v) is 4.53. The molecule has 0 N–H and O–H groups in total. The van der Waals surface area contributed by atoms with Crippen molar-refractivity contribution >= 4 is 28.6 Å². The quantitative estimate of drug-likeness (QED) is 0.344. The molecule has 0 spiro atoms. The van der Waals surface area contributed by atoms with E-state index in [0.29, 0.717) is 0 Å². The predicted octanol–water partition coefficient (Wildman–Crippen LogP) is 2.55. The van der Waals surface area contributed by atoms with E-state index in [9.17, 15) is 26.7 Å². The molecular formula is C6H6F5IO2. The number of hydrogen-bond donors (Lipinski definition) is 0. The molecule has 0 saturated heterocycles. The molecule has 0 aromatic carbocycles. The fourth-order valence-electron chi connectivity index (χ4n) is 0.552. The number of hydrogen-bond acceptors (Lipinski definition) is 2. The molecule has 1 unspecified atom stereocenters. The molecule has 0 rings (SSSR count). The summed E-state index contributed by atoms with van der Waals surface area (Å²) in [5, 5.41) is 0. The van der Waals surface area contributed by atoms with Crippen molar-refractivity contribution in [3.05, 3.63) is 0 Å². The summed E-state index contributed by atoms with van der Waals surface area (Å²) in [4.78, 5) is 10.6. The van der Waals surface area contributed by atoms with Crippen molar-refractivity contribution in [1.29, 1.82) is 0 Å². The molecule has 2 nitrogen and oxygen atoms in total. The largest absolute Gasteiger partial charge is 0.468 e. The highest BCUT2D eigenvalue weighted by Crippen LogP contribution is 2.40. The van der Waals surface area contributed by atoms with Crippen molar-refractivity contribution in [3.63, 3.8) is 0 Å². The monoisotopic (exact) mass is 332 g/mol. The summed E-state index contributed by atoms with van der Waals surface area (Å²) in [6.07, 6.45) is -7.24. The van der Waals surface area contributed by atoms with Gasteiger partial charge in [-0.15, -0.1) is 0 Å². The Bertz CT molecular complexity index is 215. The first-order valence-electron chi connectivity index (χ1n) is 3.28. The van der Waals surface area contributed by atoms with Gasteiger partial charge in [0.1, 0.15) is 3.92 Å². The summed E-state index contributed by atoms with van der Waals surface area (Å²) in [5.74, 6) is -5.97. The Kier molecular flexibility index (Phi) is 4.53. The maximum atomic E-state index is 12.3. The van der Waals surface area contributed by atoms with Crippen LogP contribution in [0.15, 0.2) is 0 Å². The van der Waals surface area contributed by atoms with Crippen molar-refractivity contribution in [2.75, 3.05) is 7.11 Å². The van der Waals surface area contributed by atoms with E-state index in [2.05, 4.69) is 4.74 Å². The molecule has 0 aliphatic rings. The molecule has 0 amide bonds. The lowest BCUT2D eigenvalue weighted by Crippen LogP contribution is -2.40. The maximum absolute atomic E-state index is 12.3. The van der Waals surface area contributed by atoms with Crippen molar-refractivity contribution in [1.82, 2.24) is 0 Å². The summed E-state index contributed by atoms with van der Waals surface area (Å²) >= 11 is 1.18. The first-order chi connectivity index (χ1) is 6.12. The van der Waals surface area contributed by atoms with Crippen LogP contribution in [-0.4, -0.2) is 29.1 Å². The van der Waals surface area contributed by atoms with Gasteiger partial charge in [-0.05, 0) is 0 Å². The molecule has 0 fully saturated rings. The van der Waals surface area contributed by atoms with Crippen LogP contribution in [0.1, 0.15) is 6.42 Å². The second kappa shape index (κ2) is 4.58. The van der Waals surface area contributed by atoms with Crippen molar-refractivity contribution in [2.45, 2.75) is 22.4 Å². The van der Waals surface area contributed by atoms with Gasteiger partial charge in [0, 0.05) is 6.42 Å². The highest BCUT2D eigenvalue weighted by molar-refractivity contribution is 14.1. The second-order valence-corrected chi connectivity index (χ2v) is 3.90. The predicted molar refractivity (Wildman–Crippen MR) is 45.4 cm³/mol. The molecule has 8 heteroatoms. The zero-order chi connectivity index (χ0) is 11.6. The number of carbonyl (C=O) groups excluding carboxylic acids is 1. The third-order valence-electron chi connectivity index (χ3n) is 1.31. The van der Waals surface area contributed by atoms with Gasteiger partial charge in [-0.3, -0.25) is 4.79 Å². The van der Waals surface area contributed by atoms with E-state index < -0.39 is 28.4 Å². The minimum absolute atomic E-state index is 0.916. The Morgan fingerprint density at radius 3 is 2.07 bits per heavy atom. The smallest absolute Gasteiger partial charge is 0.453 e. The minimum Gasteiger partial charge on any atom is -0.468 e. The lowest BCUT2D eigenvalue weighted by atomic mass is 10.2. The standard InChI is InChI=1S/C6H6F5IO2/c1-14-4(13)3(12)2-5(7,8)6(9,10)11/h3H,2H2,1H3. The van der Waals surface area contributed by atoms with E-state index in [4.69, 9.17) is 0 Å². The van der Waals surface area contributed by atoms with Crippen molar-refractivity contribution in [2.24, 2.45) is 0 Å². The topological polar surface area (TPSA) is 26.3 Å². The Morgan fingerprint density at radius 1 is 1.36 bits per heavy atom. The SMILES string of the molecule is COC(=O)C(I)CC(F)(F)C(F)(F)F. The van der Waals surface area contributed by atoms with Gasteiger partial charge in [-0.2, -0.15) is 22.0 Å². The summed E-state index contributed by atoms with van der Waals surface area (Å²) in [5.41, 5.74) is 0. The van der Waals surface area contributed by atoms with E-state index in [1.807, 2.05) is 0 Å². The van der Waals surface area contributed by atoms with Crippen LogP contribution >= 0.6 is 22.6 Å². The molecule has 0 aliphatic heterocycles. The zero-order valence-electron chi connectivity index (χ0n) is 6.87. The molecule has 0 aromatic rings. The van der Waals surface area contributed by atoms with Crippen LogP contribution in [0, 0.1) is 0 Å². The van der Waals surface area contributed by atoms with E-state index in [0.717, 1.165) is 7.11 Å². The van der Waals surface area contributed by atoms with Gasteiger partial charge in [0.2, 0.25) is 0 Å². The molecule has 0 aliphatic carbocycles. The van der Waals surface area contributed by atoms with E-state index in [1.165, 1.54) is 22.6 Å². The van der Waals surface area contributed by atoms with Crippen molar-refractivity contribution < 1.29 is 31.5 Å². The number of ether oxygens (including phenoxy) is 1. The van der Waals surface area contributed by atoms with Crippen LogP contribution in [0.4, 0.5) is 22.0 Å². The number of rotatable bonds is 3. The summed E-state index contributed by atoms with van der Waals surface area (Å²) < 4.78 is 62.2. The van der Waals surface area contributed by atoms with E-state index >= 15 is 0 Å². The van der Waals surface area contributed by atoms with Crippen LogP contribution in [0.25, 0.3) is 0 Å². The molecule has 14 heavy (non-hydrogen) atoms. The molecule has 84 valence electrons. The van der Waals surface area contributed by atoms with Crippen LogP contribution < -0.4 is 0 Å². The Morgan fingerprint density at radius 2 is 1.79 bits per heavy atom. The molecule has 0 saturated carbocycles. The average molecular weight is 332 g/mol. The molecule has 0 aromatic heterocycles. The Labute approximate surface area is 89.9 Å². The molecular weight excluding hydrogens is 326 g/mol. The van der Waals surface area contributed by atoms with Gasteiger partial charge in [0.05, 0.1) is 7.11 Å². The average Bonchev–Trinajstić information content (AvgIpc) is 2.00. The zero-order valence-corrected chi connectivity index (χ0v) is 9.03. The van der Waals surface area contributed by atoms with Crippen molar-refractivity contribution in [3.8, 4) is 0 Å². The van der Waals surface area contributed by atoms with Gasteiger partial charge < -0.3 is 4.74 Å². The fraction of sp³-hybridized carbons (Fsp3) is 0.833. The second-order valence-electron chi connectivity index (χ2n) is 2.40. The fourth-order valence-corrected chi connectivity index (χ4v) is 1.36. The van der Waals surface area contributed by atoms with Crippen LogP contribution in [-0.2, 0) is 9.53 Å². The summed E-state index contributed by atoms with van der Waals surface area (Å²) in [6, 6.07) is 0. The van der Waals surface area contributed by atoms with Crippen LogP contribution in [0.3, 0.4) is 0 Å². The number of esters is 1. The number of methoxy groups -OCH3 is 1. The first kappa shape index (κ1) is 13.8. The minimum atomic E-state index is -5.63. The highest BCUT2D eigenvalue weighted by Gasteiger charge is 2.58. The maximum Gasteiger partial charge on any atom is 0.453 e. The van der Waals surface area contributed by atoms with Gasteiger partial charge >= 0.3 is 18.1 Å². The molecule has 0 bridgehead atoms. The van der Waals surface area contributed by atoms with Gasteiger partial charge in [0.25, 0.3) is 0 Å². The van der Waals surface area contributed by atoms with E-state index in [-0.39, 0.29) is 0 Å². The molecule has 0 heterocycles. The molecule has 1 atom stereocenters. The number of alkyl halides is 6. The van der Waals surface area contributed by atoms with E-state index in [1.54, 1.807) is 0 Å². The lowest BCUT2D eigenvalue weighted by Gasteiger charge is -2.20. The van der Waals surface area contributed by atoms with Gasteiger partial charge in [-0.1, -0.05) is 22.6 Å². The van der Waals surface area contributed by atoms with Gasteiger partial charge in [0.15, 0.2) is 0 Å². The summed E-state index contributed by atoms with van der Waals surface area (Å²) in [7, 11) is 0.916. The Balaban J connectivity index is 4.44. The lowest BCUT2D eigenvalue weighted by molar-refractivity contribution is -0.283. The number of halogens is 6. The third kappa shape index (κ3) is 3.54. The molecule has 0 radical (unpaired) electrons. The number of carbonyl (C=O) groups is 1. The van der Waals surface area contributed by atoms with Gasteiger partial charge in [-0.25, -0.2) is 0 Å². The van der Waals surface area contributed by atoms with Crippen LogP contribution in [0.2, 0.25) is 0 Å². The Hall–Kier alpha value is -0.150. The summed E-state index contributed by atoms with van der Waals surface area (Å²) in [6.45, 7) is 0. The third-order valence-corrected chi connectivity index (χ3v) is 2.26.